The maximum Gasteiger partial charge on any atom is 0.248 e. The topological polar surface area (TPSA) is 80.3 Å². The summed E-state index contributed by atoms with van der Waals surface area (Å²) in [5, 5.41) is 7.84. The number of nitrogens with one attached hydrogen (secondary N) is 2. The van der Waals surface area contributed by atoms with Crippen molar-refractivity contribution in [1.82, 2.24) is 4.98 Å². The fourth-order valence-electron chi connectivity index (χ4n) is 3.28. The van der Waals surface area contributed by atoms with E-state index in [0.717, 1.165) is 27.5 Å². The first-order chi connectivity index (χ1) is 17.5. The highest BCUT2D eigenvalue weighted by atomic mass is 32.2. The van der Waals surface area contributed by atoms with Crippen molar-refractivity contribution < 1.29 is 14.3 Å². The number of thiazole rings is 1. The number of thioether (sulfide) groups is 1. The van der Waals surface area contributed by atoms with Crippen LogP contribution in [0.25, 0.3) is 17.3 Å². The van der Waals surface area contributed by atoms with Crippen molar-refractivity contribution in [1.29, 1.82) is 0 Å². The van der Waals surface area contributed by atoms with Gasteiger partial charge in [0.05, 0.1) is 18.1 Å². The van der Waals surface area contributed by atoms with E-state index in [1.807, 2.05) is 91.2 Å². The number of nitrogens with zero attached hydrogens (tertiary/aromatic N) is 1. The third kappa shape index (κ3) is 7.07. The van der Waals surface area contributed by atoms with Gasteiger partial charge in [0.1, 0.15) is 5.75 Å². The summed E-state index contributed by atoms with van der Waals surface area (Å²) in [6, 6.07) is 24.7. The van der Waals surface area contributed by atoms with E-state index in [1.54, 1.807) is 13.2 Å². The molecular weight excluding hydrogens is 490 g/mol. The molecule has 0 bridgehead atoms. The predicted octanol–water partition coefficient (Wildman–Crippen LogP) is 6.59. The summed E-state index contributed by atoms with van der Waals surface area (Å²) in [5.74, 6) is 0.385. The van der Waals surface area contributed by atoms with Crippen LogP contribution in [0.3, 0.4) is 0 Å². The van der Waals surface area contributed by atoms with Gasteiger partial charge in [0.25, 0.3) is 0 Å². The number of hydrogen-bond donors (Lipinski definition) is 2. The Hall–Kier alpha value is -3.88. The van der Waals surface area contributed by atoms with Crippen molar-refractivity contribution in [3.05, 3.63) is 95.9 Å². The fraction of sp³-hybridized carbons (Fsp3) is 0.107. The molecule has 2 amide bonds. The van der Waals surface area contributed by atoms with Crippen LogP contribution < -0.4 is 15.4 Å². The zero-order valence-electron chi connectivity index (χ0n) is 19.8. The van der Waals surface area contributed by atoms with E-state index in [4.69, 9.17) is 4.74 Å². The molecular formula is C28H25N3O3S2. The fourth-order valence-corrected chi connectivity index (χ4v) is 4.93. The van der Waals surface area contributed by atoms with Crippen LogP contribution in [0, 0.1) is 0 Å². The number of methoxy groups -OCH3 is 1. The van der Waals surface area contributed by atoms with Crippen molar-refractivity contribution in [3.63, 3.8) is 0 Å². The van der Waals surface area contributed by atoms with E-state index >= 15 is 0 Å². The Kier molecular flexibility index (Phi) is 8.54. The van der Waals surface area contributed by atoms with Gasteiger partial charge in [-0.15, -0.1) is 23.1 Å². The minimum absolute atomic E-state index is 0.147. The van der Waals surface area contributed by atoms with E-state index in [9.17, 15) is 9.59 Å². The number of benzene rings is 3. The highest BCUT2D eigenvalue weighted by Gasteiger charge is 2.17. The van der Waals surface area contributed by atoms with Crippen LogP contribution in [-0.4, -0.2) is 29.2 Å². The lowest BCUT2D eigenvalue weighted by Gasteiger charge is -2.11. The van der Waals surface area contributed by atoms with Crippen LogP contribution in [0.2, 0.25) is 0 Å². The highest BCUT2D eigenvalue weighted by molar-refractivity contribution is 8.00. The summed E-state index contributed by atoms with van der Waals surface area (Å²) < 4.78 is 5.27. The summed E-state index contributed by atoms with van der Waals surface area (Å²) in [6.45, 7) is 1.84. The molecule has 2 N–H and O–H groups in total. The van der Waals surface area contributed by atoms with Crippen LogP contribution in [0.1, 0.15) is 12.5 Å². The molecule has 0 aliphatic carbocycles. The molecule has 0 aliphatic rings. The zero-order valence-corrected chi connectivity index (χ0v) is 21.4. The van der Waals surface area contributed by atoms with Crippen molar-refractivity contribution in [2.75, 3.05) is 17.7 Å². The average Bonchev–Trinajstić information content (AvgIpc) is 3.37. The standard InChI is InChI=1S/C28H25N3O3S2/c1-19(27(33)31-28-30-25(18-35-28)21-10-6-12-23(16-21)34-2)36-24-13-7-11-22(17-24)29-26(32)15-14-20-8-4-3-5-9-20/h3-19H,1-2H3,(H,29,32)(H,30,31,33)/b15-14+. The first kappa shape index (κ1) is 25.2. The number of aromatic nitrogens is 1. The van der Waals surface area contributed by atoms with Crippen LogP contribution >= 0.6 is 23.1 Å². The molecule has 6 nitrogen and oxygen atoms in total. The van der Waals surface area contributed by atoms with Crippen LogP contribution in [0.4, 0.5) is 10.8 Å². The Balaban J connectivity index is 1.33. The lowest BCUT2D eigenvalue weighted by atomic mass is 10.2. The molecule has 36 heavy (non-hydrogen) atoms. The molecule has 1 aromatic heterocycles. The Morgan fingerprint density at radius 2 is 1.81 bits per heavy atom. The average molecular weight is 516 g/mol. The van der Waals surface area contributed by atoms with Crippen LogP contribution in [0.5, 0.6) is 5.75 Å². The summed E-state index contributed by atoms with van der Waals surface area (Å²) in [7, 11) is 1.62. The SMILES string of the molecule is COc1cccc(-c2csc(NC(=O)C(C)Sc3cccc(NC(=O)/C=C/c4ccccc4)c3)n2)c1. The van der Waals surface area contributed by atoms with Gasteiger partial charge in [-0.2, -0.15) is 0 Å². The van der Waals surface area contributed by atoms with Crippen molar-refractivity contribution in [3.8, 4) is 17.0 Å². The Labute approximate surface area is 218 Å². The lowest BCUT2D eigenvalue weighted by Crippen LogP contribution is -2.22. The number of amides is 2. The second-order valence-electron chi connectivity index (χ2n) is 7.78. The Morgan fingerprint density at radius 3 is 2.61 bits per heavy atom. The number of carbonyl (C=O) groups excluding carboxylic acids is 2. The summed E-state index contributed by atoms with van der Waals surface area (Å²) in [4.78, 5) is 30.5. The molecule has 4 rings (SSSR count). The number of anilines is 2. The van der Waals surface area contributed by atoms with E-state index in [1.165, 1.54) is 29.2 Å². The Bertz CT molecular complexity index is 1370. The number of ether oxygens (including phenoxy) is 1. The molecule has 1 heterocycles. The van der Waals surface area contributed by atoms with E-state index in [2.05, 4.69) is 15.6 Å². The monoisotopic (exact) mass is 515 g/mol. The lowest BCUT2D eigenvalue weighted by molar-refractivity contribution is -0.115. The minimum atomic E-state index is -0.363. The molecule has 0 aliphatic heterocycles. The summed E-state index contributed by atoms with van der Waals surface area (Å²) in [5.41, 5.74) is 3.32. The highest BCUT2D eigenvalue weighted by Crippen LogP contribution is 2.29. The molecule has 8 heteroatoms. The second-order valence-corrected chi connectivity index (χ2v) is 10.1. The summed E-state index contributed by atoms with van der Waals surface area (Å²) >= 11 is 2.78. The van der Waals surface area contributed by atoms with E-state index < -0.39 is 0 Å². The molecule has 0 saturated carbocycles. The predicted molar refractivity (Wildman–Crippen MR) is 149 cm³/mol. The van der Waals surface area contributed by atoms with Crippen molar-refractivity contribution in [2.24, 2.45) is 0 Å². The van der Waals surface area contributed by atoms with Crippen molar-refractivity contribution >= 4 is 51.8 Å². The molecule has 1 unspecified atom stereocenters. The first-order valence-corrected chi connectivity index (χ1v) is 13.0. The smallest absolute Gasteiger partial charge is 0.248 e. The quantitative estimate of drug-likeness (QED) is 0.194. The van der Waals surface area contributed by atoms with Crippen molar-refractivity contribution in [2.45, 2.75) is 17.1 Å². The molecule has 4 aromatic rings. The maximum atomic E-state index is 12.8. The van der Waals surface area contributed by atoms with Gasteiger partial charge in [-0.25, -0.2) is 4.98 Å². The van der Waals surface area contributed by atoms with Gasteiger partial charge in [0.15, 0.2) is 5.13 Å². The number of carbonyl (C=O) groups is 2. The largest absolute Gasteiger partial charge is 0.497 e. The molecule has 0 radical (unpaired) electrons. The molecule has 3 aromatic carbocycles. The van der Waals surface area contributed by atoms with Gasteiger partial charge in [-0.05, 0) is 48.9 Å². The summed E-state index contributed by atoms with van der Waals surface area (Å²) in [6.07, 6.45) is 3.26. The van der Waals surface area contributed by atoms with Gasteiger partial charge in [-0.1, -0.05) is 48.5 Å². The minimum Gasteiger partial charge on any atom is -0.497 e. The normalized spacial score (nSPS) is 11.7. The molecule has 0 saturated heterocycles. The van der Waals surface area contributed by atoms with Crippen LogP contribution in [0.15, 0.2) is 95.2 Å². The Morgan fingerprint density at radius 1 is 1.00 bits per heavy atom. The first-order valence-electron chi connectivity index (χ1n) is 11.2. The van der Waals surface area contributed by atoms with Gasteiger partial charge >= 0.3 is 0 Å². The third-order valence-electron chi connectivity index (χ3n) is 5.11. The van der Waals surface area contributed by atoms with E-state index in [0.29, 0.717) is 10.8 Å². The molecule has 0 spiro atoms. The zero-order chi connectivity index (χ0) is 25.3. The number of hydrogen-bond acceptors (Lipinski definition) is 6. The van der Waals surface area contributed by atoms with Crippen LogP contribution in [-0.2, 0) is 9.59 Å². The van der Waals surface area contributed by atoms with Gasteiger partial charge in [-0.3, -0.25) is 9.59 Å². The molecule has 0 fully saturated rings. The van der Waals surface area contributed by atoms with Gasteiger partial charge in [0.2, 0.25) is 11.8 Å². The third-order valence-corrected chi connectivity index (χ3v) is 6.96. The van der Waals surface area contributed by atoms with Gasteiger partial charge < -0.3 is 15.4 Å². The van der Waals surface area contributed by atoms with E-state index in [-0.39, 0.29) is 17.1 Å². The maximum absolute atomic E-state index is 12.8. The molecule has 182 valence electrons. The second kappa shape index (κ2) is 12.2. The molecule has 1 atom stereocenters. The number of rotatable bonds is 9. The van der Waals surface area contributed by atoms with Gasteiger partial charge in [0, 0.05) is 27.6 Å².